The zero-order chi connectivity index (χ0) is 20.4. The molecule has 2 aromatic carbocycles. The summed E-state index contributed by atoms with van der Waals surface area (Å²) in [6, 6.07) is 16.6. The number of anilines is 1. The summed E-state index contributed by atoms with van der Waals surface area (Å²) in [4.78, 5) is 4.65. The standard InChI is InChI=1S/C23H28N4O2/c1-16-14-26(15-17(2)28)12-13-27(16)23-21-7-5-4-6-20(21)22(24-25-23)18-8-10-19(29-3)11-9-18/h4-11,16-17,28H,12-15H2,1-3H3. The van der Waals surface area contributed by atoms with Crippen molar-refractivity contribution < 1.29 is 9.84 Å². The zero-order valence-electron chi connectivity index (χ0n) is 17.2. The van der Waals surface area contributed by atoms with Crippen LogP contribution in [0.15, 0.2) is 48.5 Å². The Morgan fingerprint density at radius 2 is 1.79 bits per heavy atom. The summed E-state index contributed by atoms with van der Waals surface area (Å²) in [6.45, 7) is 7.44. The molecule has 0 spiro atoms. The van der Waals surface area contributed by atoms with Crippen molar-refractivity contribution in [3.05, 3.63) is 48.5 Å². The summed E-state index contributed by atoms with van der Waals surface area (Å²) in [5.74, 6) is 1.76. The van der Waals surface area contributed by atoms with Gasteiger partial charge in [-0.2, -0.15) is 0 Å². The van der Waals surface area contributed by atoms with Crippen LogP contribution in [0.2, 0.25) is 0 Å². The average molecular weight is 393 g/mol. The molecule has 1 aromatic heterocycles. The maximum Gasteiger partial charge on any atom is 0.159 e. The number of piperazine rings is 1. The van der Waals surface area contributed by atoms with E-state index in [1.54, 1.807) is 7.11 Å². The summed E-state index contributed by atoms with van der Waals surface area (Å²) in [5, 5.41) is 21.2. The van der Waals surface area contributed by atoms with E-state index < -0.39 is 0 Å². The number of hydrogen-bond donors (Lipinski definition) is 1. The lowest BCUT2D eigenvalue weighted by atomic mass is 10.0. The van der Waals surface area contributed by atoms with Gasteiger partial charge in [0.1, 0.15) is 11.4 Å². The Morgan fingerprint density at radius 1 is 1.07 bits per heavy atom. The maximum absolute atomic E-state index is 9.70. The molecule has 4 rings (SSSR count). The number of hydrogen-bond acceptors (Lipinski definition) is 6. The quantitative estimate of drug-likeness (QED) is 0.720. The second-order valence-electron chi connectivity index (χ2n) is 7.80. The van der Waals surface area contributed by atoms with E-state index in [1.165, 1.54) is 0 Å². The zero-order valence-corrected chi connectivity index (χ0v) is 17.2. The van der Waals surface area contributed by atoms with Crippen LogP contribution in [0.4, 0.5) is 5.82 Å². The van der Waals surface area contributed by atoms with Crippen LogP contribution in [-0.2, 0) is 0 Å². The molecule has 0 aliphatic carbocycles. The molecule has 152 valence electrons. The van der Waals surface area contributed by atoms with Crippen molar-refractivity contribution in [2.24, 2.45) is 0 Å². The van der Waals surface area contributed by atoms with Gasteiger partial charge in [-0.15, -0.1) is 10.2 Å². The number of aliphatic hydroxyl groups is 1. The highest BCUT2D eigenvalue weighted by Gasteiger charge is 2.27. The Labute approximate surface area is 171 Å². The van der Waals surface area contributed by atoms with Crippen LogP contribution in [0.25, 0.3) is 22.0 Å². The second kappa shape index (κ2) is 8.35. The van der Waals surface area contributed by atoms with E-state index in [0.29, 0.717) is 12.6 Å². The number of fused-ring (bicyclic) bond motifs is 1. The molecular formula is C23H28N4O2. The van der Waals surface area contributed by atoms with Gasteiger partial charge in [0.15, 0.2) is 5.82 Å². The molecule has 0 saturated carbocycles. The Bertz CT molecular complexity index is 974. The van der Waals surface area contributed by atoms with Crippen molar-refractivity contribution in [3.63, 3.8) is 0 Å². The third kappa shape index (κ3) is 4.04. The fraction of sp³-hybridized carbons (Fsp3) is 0.391. The topological polar surface area (TPSA) is 61.7 Å². The lowest BCUT2D eigenvalue weighted by Gasteiger charge is -2.41. The maximum atomic E-state index is 9.70. The van der Waals surface area contributed by atoms with Gasteiger partial charge in [-0.05, 0) is 38.1 Å². The first kappa shape index (κ1) is 19.6. The number of ether oxygens (including phenoxy) is 1. The van der Waals surface area contributed by atoms with Crippen molar-refractivity contribution >= 4 is 16.6 Å². The van der Waals surface area contributed by atoms with Crippen molar-refractivity contribution in [1.82, 2.24) is 15.1 Å². The Kier molecular flexibility index (Phi) is 5.65. The molecule has 0 radical (unpaired) electrons. The summed E-state index contributed by atoms with van der Waals surface area (Å²) in [6.07, 6.45) is -0.307. The fourth-order valence-corrected chi connectivity index (χ4v) is 4.15. The lowest BCUT2D eigenvalue weighted by Crippen LogP contribution is -2.53. The van der Waals surface area contributed by atoms with Gasteiger partial charge in [-0.25, -0.2) is 0 Å². The molecule has 1 N–H and O–H groups in total. The van der Waals surface area contributed by atoms with Crippen LogP contribution in [0.5, 0.6) is 5.75 Å². The van der Waals surface area contributed by atoms with Gasteiger partial charge in [0.05, 0.1) is 13.2 Å². The van der Waals surface area contributed by atoms with Gasteiger partial charge >= 0.3 is 0 Å². The number of aliphatic hydroxyl groups excluding tert-OH is 1. The van der Waals surface area contributed by atoms with E-state index >= 15 is 0 Å². The predicted molar refractivity (Wildman–Crippen MR) is 116 cm³/mol. The van der Waals surface area contributed by atoms with Crippen LogP contribution in [0.1, 0.15) is 13.8 Å². The largest absolute Gasteiger partial charge is 0.497 e. The van der Waals surface area contributed by atoms with E-state index in [2.05, 4.69) is 45.1 Å². The second-order valence-corrected chi connectivity index (χ2v) is 7.80. The molecule has 1 fully saturated rings. The van der Waals surface area contributed by atoms with Crippen LogP contribution < -0.4 is 9.64 Å². The fourth-order valence-electron chi connectivity index (χ4n) is 4.15. The SMILES string of the molecule is COc1ccc(-c2nnc(N3CCN(CC(C)O)CC3C)c3ccccc23)cc1. The number of nitrogens with zero attached hydrogens (tertiary/aromatic N) is 4. The molecule has 6 heteroatoms. The van der Waals surface area contributed by atoms with E-state index in [0.717, 1.165) is 53.2 Å². The minimum Gasteiger partial charge on any atom is -0.497 e. The predicted octanol–water partition coefficient (Wildman–Crippen LogP) is 3.20. The van der Waals surface area contributed by atoms with Gasteiger partial charge in [0.25, 0.3) is 0 Å². The van der Waals surface area contributed by atoms with Gasteiger partial charge in [0.2, 0.25) is 0 Å². The van der Waals surface area contributed by atoms with E-state index in [4.69, 9.17) is 4.74 Å². The Balaban J connectivity index is 1.68. The van der Waals surface area contributed by atoms with Crippen molar-refractivity contribution in [2.45, 2.75) is 26.0 Å². The summed E-state index contributed by atoms with van der Waals surface area (Å²) >= 11 is 0. The van der Waals surface area contributed by atoms with Crippen LogP contribution in [0.3, 0.4) is 0 Å². The smallest absolute Gasteiger partial charge is 0.159 e. The van der Waals surface area contributed by atoms with Gasteiger partial charge < -0.3 is 14.7 Å². The highest BCUT2D eigenvalue weighted by molar-refractivity contribution is 6.00. The van der Waals surface area contributed by atoms with E-state index in [9.17, 15) is 5.11 Å². The highest BCUT2D eigenvalue weighted by Crippen LogP contribution is 2.33. The third-order valence-electron chi connectivity index (χ3n) is 5.54. The van der Waals surface area contributed by atoms with Gasteiger partial charge in [0, 0.05) is 48.6 Å². The molecule has 2 atom stereocenters. The lowest BCUT2D eigenvalue weighted by molar-refractivity contribution is 0.114. The molecule has 1 saturated heterocycles. The molecule has 6 nitrogen and oxygen atoms in total. The van der Waals surface area contributed by atoms with E-state index in [-0.39, 0.29) is 6.10 Å². The highest BCUT2D eigenvalue weighted by atomic mass is 16.5. The molecular weight excluding hydrogens is 364 g/mol. The molecule has 29 heavy (non-hydrogen) atoms. The van der Waals surface area contributed by atoms with Crippen molar-refractivity contribution in [2.75, 3.05) is 38.2 Å². The van der Waals surface area contributed by atoms with Gasteiger partial charge in [-0.1, -0.05) is 24.3 Å². The summed E-state index contributed by atoms with van der Waals surface area (Å²) < 4.78 is 5.27. The Hall–Kier alpha value is -2.70. The first-order valence-corrected chi connectivity index (χ1v) is 10.1. The first-order valence-electron chi connectivity index (χ1n) is 10.1. The normalized spacial score (nSPS) is 18.8. The molecule has 1 aliphatic rings. The van der Waals surface area contributed by atoms with Crippen LogP contribution in [0, 0.1) is 0 Å². The van der Waals surface area contributed by atoms with E-state index in [1.807, 2.05) is 37.3 Å². The number of methoxy groups -OCH3 is 1. The summed E-state index contributed by atoms with van der Waals surface area (Å²) in [7, 11) is 1.67. The number of benzene rings is 2. The minimum absolute atomic E-state index is 0.298. The molecule has 2 heterocycles. The Morgan fingerprint density at radius 3 is 2.45 bits per heavy atom. The van der Waals surface area contributed by atoms with Gasteiger partial charge in [-0.3, -0.25) is 4.90 Å². The molecule has 0 bridgehead atoms. The monoisotopic (exact) mass is 392 g/mol. The van der Waals surface area contributed by atoms with Crippen LogP contribution in [-0.4, -0.2) is 65.6 Å². The molecule has 1 aliphatic heterocycles. The molecule has 2 unspecified atom stereocenters. The van der Waals surface area contributed by atoms with Crippen molar-refractivity contribution in [3.8, 4) is 17.0 Å². The third-order valence-corrected chi connectivity index (χ3v) is 5.54. The first-order chi connectivity index (χ1) is 14.1. The summed E-state index contributed by atoms with van der Waals surface area (Å²) in [5.41, 5.74) is 1.91. The number of aromatic nitrogens is 2. The average Bonchev–Trinajstić information content (AvgIpc) is 2.73. The minimum atomic E-state index is -0.307. The molecule has 0 amide bonds. The number of β-amino-alcohol motifs (C(OH)–C–C–N with tert-alkyl or cyclic N) is 1. The number of rotatable bonds is 5. The van der Waals surface area contributed by atoms with Crippen molar-refractivity contribution in [1.29, 1.82) is 0 Å². The molecule has 3 aromatic rings. The van der Waals surface area contributed by atoms with Crippen LogP contribution >= 0.6 is 0 Å².